The van der Waals surface area contributed by atoms with Gasteiger partial charge in [-0.15, -0.1) is 5.10 Å². The number of aromatic nitrogens is 2. The fourth-order valence-corrected chi connectivity index (χ4v) is 2.30. The average molecular weight is 291 g/mol. The Morgan fingerprint density at radius 1 is 1.35 bits per heavy atom. The van der Waals surface area contributed by atoms with Crippen LogP contribution >= 0.6 is 11.5 Å². The molecule has 104 valence electrons. The van der Waals surface area contributed by atoms with Crippen LogP contribution in [0.1, 0.15) is 25.6 Å². The molecule has 1 aromatic heterocycles. The van der Waals surface area contributed by atoms with Gasteiger partial charge in [-0.2, -0.15) is 0 Å². The summed E-state index contributed by atoms with van der Waals surface area (Å²) in [5.41, 5.74) is 0.981. The fraction of sp³-hybridized carbons (Fsp3) is 0.231. The zero-order valence-corrected chi connectivity index (χ0v) is 11.6. The van der Waals surface area contributed by atoms with E-state index in [0.29, 0.717) is 23.4 Å². The second kappa shape index (κ2) is 6.25. The first-order valence-corrected chi connectivity index (χ1v) is 6.71. The highest BCUT2D eigenvalue weighted by atomic mass is 32.1. The Hall–Kier alpha value is -2.28. The number of carboxylic acids is 1. The molecule has 0 saturated carbocycles. The van der Waals surface area contributed by atoms with Crippen molar-refractivity contribution in [3.63, 3.8) is 0 Å². The van der Waals surface area contributed by atoms with Gasteiger partial charge in [-0.3, -0.25) is 4.79 Å². The molecule has 0 aliphatic carbocycles. The molecule has 0 aliphatic rings. The predicted octanol–water partition coefficient (Wildman–Crippen LogP) is 1.55. The van der Waals surface area contributed by atoms with Crippen molar-refractivity contribution in [2.45, 2.75) is 6.42 Å². The molecule has 0 atom stereocenters. The van der Waals surface area contributed by atoms with Crippen LogP contribution in [0.2, 0.25) is 0 Å². The van der Waals surface area contributed by atoms with Crippen LogP contribution in [0.25, 0.3) is 0 Å². The molecule has 6 nitrogen and oxygen atoms in total. The maximum absolute atomic E-state index is 12.0. The van der Waals surface area contributed by atoms with Crippen LogP contribution in [0.5, 0.6) is 0 Å². The lowest BCUT2D eigenvalue weighted by atomic mass is 10.0. The summed E-state index contributed by atoms with van der Waals surface area (Å²) < 4.78 is 3.65. The van der Waals surface area contributed by atoms with Gasteiger partial charge in [0.05, 0.1) is 11.8 Å². The third-order valence-corrected chi connectivity index (χ3v) is 3.54. The maximum Gasteiger partial charge on any atom is 0.335 e. The number of likely N-dealkylation sites (N-methyl/N-ethyl adjacent to an activating group) is 1. The van der Waals surface area contributed by atoms with Crippen LogP contribution in [0.3, 0.4) is 0 Å². The lowest BCUT2D eigenvalue weighted by molar-refractivity contribution is 0.0695. The summed E-state index contributed by atoms with van der Waals surface area (Å²) in [6.45, 7) is 0.432. The Kier molecular flexibility index (Phi) is 4.41. The smallest absolute Gasteiger partial charge is 0.335 e. The zero-order valence-electron chi connectivity index (χ0n) is 10.8. The number of hydrogen-bond acceptors (Lipinski definition) is 5. The molecule has 0 aliphatic heterocycles. The largest absolute Gasteiger partial charge is 0.478 e. The lowest BCUT2D eigenvalue weighted by Crippen LogP contribution is -2.28. The third kappa shape index (κ3) is 3.18. The molecule has 0 radical (unpaired) electrons. The van der Waals surface area contributed by atoms with E-state index in [0.717, 1.165) is 11.5 Å². The topological polar surface area (TPSA) is 83.4 Å². The number of carboxylic acid groups (broad SMARTS) is 1. The van der Waals surface area contributed by atoms with Crippen molar-refractivity contribution in [2.24, 2.45) is 0 Å². The van der Waals surface area contributed by atoms with E-state index in [4.69, 9.17) is 5.11 Å². The number of amides is 1. The van der Waals surface area contributed by atoms with Gasteiger partial charge in [0.15, 0.2) is 0 Å². The number of hydrogen-bond donors (Lipinski definition) is 1. The van der Waals surface area contributed by atoms with Crippen molar-refractivity contribution in [1.29, 1.82) is 0 Å². The van der Waals surface area contributed by atoms with Crippen LogP contribution < -0.4 is 0 Å². The summed E-state index contributed by atoms with van der Waals surface area (Å²) in [5.74, 6) is -1.12. The van der Waals surface area contributed by atoms with E-state index in [1.807, 2.05) is 0 Å². The molecule has 2 rings (SSSR count). The highest BCUT2D eigenvalue weighted by Gasteiger charge is 2.15. The van der Waals surface area contributed by atoms with E-state index in [1.165, 1.54) is 11.1 Å². The van der Waals surface area contributed by atoms with Crippen molar-refractivity contribution >= 4 is 23.4 Å². The van der Waals surface area contributed by atoms with Gasteiger partial charge in [0.2, 0.25) is 0 Å². The SMILES string of the molecule is CN(CCc1ccccc1C(=O)O)C(=O)c1cnns1. The van der Waals surface area contributed by atoms with Crippen LogP contribution in [0.4, 0.5) is 0 Å². The monoisotopic (exact) mass is 291 g/mol. The first-order chi connectivity index (χ1) is 9.59. The Bertz CT molecular complexity index is 613. The van der Waals surface area contributed by atoms with Crippen LogP contribution in [0.15, 0.2) is 30.5 Å². The van der Waals surface area contributed by atoms with Gasteiger partial charge in [0, 0.05) is 13.6 Å². The van der Waals surface area contributed by atoms with Crippen LogP contribution in [0, 0.1) is 0 Å². The molecule has 0 bridgehead atoms. The molecule has 1 heterocycles. The number of carbonyl (C=O) groups excluding carboxylic acids is 1. The quantitative estimate of drug-likeness (QED) is 0.903. The Morgan fingerprint density at radius 2 is 2.10 bits per heavy atom. The van der Waals surface area contributed by atoms with Crippen molar-refractivity contribution < 1.29 is 14.7 Å². The highest BCUT2D eigenvalue weighted by Crippen LogP contribution is 2.11. The molecule has 1 N–H and O–H groups in total. The van der Waals surface area contributed by atoms with Gasteiger partial charge in [0.25, 0.3) is 5.91 Å². The van der Waals surface area contributed by atoms with E-state index in [-0.39, 0.29) is 11.5 Å². The number of nitrogens with zero attached hydrogens (tertiary/aromatic N) is 3. The van der Waals surface area contributed by atoms with Crippen molar-refractivity contribution in [2.75, 3.05) is 13.6 Å². The minimum absolute atomic E-state index is 0.159. The molecule has 1 amide bonds. The normalized spacial score (nSPS) is 10.2. The van der Waals surface area contributed by atoms with E-state index in [1.54, 1.807) is 31.3 Å². The van der Waals surface area contributed by atoms with E-state index in [9.17, 15) is 9.59 Å². The number of rotatable bonds is 5. The third-order valence-electron chi connectivity index (χ3n) is 2.88. The number of benzene rings is 1. The van der Waals surface area contributed by atoms with Gasteiger partial charge in [-0.1, -0.05) is 22.7 Å². The molecule has 0 saturated heterocycles. The van der Waals surface area contributed by atoms with Crippen LogP contribution in [-0.2, 0) is 6.42 Å². The summed E-state index contributed by atoms with van der Waals surface area (Å²) in [6.07, 6.45) is 1.91. The number of aromatic carboxylic acids is 1. The molecule has 0 spiro atoms. The summed E-state index contributed by atoms with van der Waals surface area (Å²) in [6, 6.07) is 6.80. The molecular weight excluding hydrogens is 278 g/mol. The predicted molar refractivity (Wildman–Crippen MR) is 74.0 cm³/mol. The molecule has 2 aromatic rings. The molecular formula is C13H13N3O3S. The van der Waals surface area contributed by atoms with Gasteiger partial charge < -0.3 is 10.0 Å². The molecule has 1 aromatic carbocycles. The molecule has 20 heavy (non-hydrogen) atoms. The van der Waals surface area contributed by atoms with E-state index >= 15 is 0 Å². The Balaban J connectivity index is 2.02. The second-order valence-electron chi connectivity index (χ2n) is 4.22. The van der Waals surface area contributed by atoms with E-state index in [2.05, 4.69) is 9.59 Å². The molecule has 0 unspecified atom stereocenters. The molecule has 7 heteroatoms. The summed E-state index contributed by atoms with van der Waals surface area (Å²) in [4.78, 5) is 25.1. The van der Waals surface area contributed by atoms with Gasteiger partial charge in [0.1, 0.15) is 4.88 Å². The first kappa shape index (κ1) is 14.1. The first-order valence-electron chi connectivity index (χ1n) is 5.93. The minimum atomic E-state index is -0.957. The maximum atomic E-state index is 12.0. The van der Waals surface area contributed by atoms with Gasteiger partial charge in [-0.25, -0.2) is 4.79 Å². The van der Waals surface area contributed by atoms with Crippen molar-refractivity contribution in [3.05, 3.63) is 46.5 Å². The highest BCUT2D eigenvalue weighted by molar-refractivity contribution is 7.07. The minimum Gasteiger partial charge on any atom is -0.478 e. The average Bonchev–Trinajstić information content (AvgIpc) is 2.98. The Morgan fingerprint density at radius 3 is 2.75 bits per heavy atom. The van der Waals surface area contributed by atoms with Crippen molar-refractivity contribution in [1.82, 2.24) is 14.5 Å². The van der Waals surface area contributed by atoms with E-state index < -0.39 is 5.97 Å². The van der Waals surface area contributed by atoms with Crippen LogP contribution in [-0.4, -0.2) is 45.1 Å². The fourth-order valence-electron chi connectivity index (χ4n) is 1.79. The molecule has 0 fully saturated rings. The lowest BCUT2D eigenvalue weighted by Gasteiger charge is -2.16. The second-order valence-corrected chi connectivity index (χ2v) is 5.01. The van der Waals surface area contributed by atoms with Crippen molar-refractivity contribution in [3.8, 4) is 0 Å². The van der Waals surface area contributed by atoms with Gasteiger partial charge >= 0.3 is 5.97 Å². The summed E-state index contributed by atoms with van der Waals surface area (Å²) >= 11 is 1.04. The van der Waals surface area contributed by atoms with Gasteiger partial charge in [-0.05, 0) is 29.6 Å². The number of carbonyl (C=O) groups is 2. The standard InChI is InChI=1S/C13H13N3O3S/c1-16(12(17)11-8-14-15-20-11)7-6-9-4-2-3-5-10(9)13(18)19/h2-5,8H,6-7H2,1H3,(H,18,19). The summed E-state index contributed by atoms with van der Waals surface area (Å²) in [7, 11) is 1.67. The zero-order chi connectivity index (χ0) is 14.5. The summed E-state index contributed by atoms with van der Waals surface area (Å²) in [5, 5.41) is 12.7. The Labute approximate surface area is 119 Å².